The van der Waals surface area contributed by atoms with Gasteiger partial charge in [-0.05, 0) is 38.3 Å². The molecule has 0 aliphatic carbocycles. The fourth-order valence-electron chi connectivity index (χ4n) is 3.56. The highest BCUT2D eigenvalue weighted by molar-refractivity contribution is 5.95. The van der Waals surface area contributed by atoms with Crippen LogP contribution in [-0.2, 0) is 4.74 Å². The van der Waals surface area contributed by atoms with E-state index < -0.39 is 11.9 Å². The second-order valence-corrected chi connectivity index (χ2v) is 6.29. The molecule has 2 fully saturated rings. The molecule has 4 nitrogen and oxygen atoms in total. The number of amides is 1. The average Bonchev–Trinajstić information content (AvgIpc) is 2.99. The molecule has 2 heterocycles. The van der Waals surface area contributed by atoms with Crippen molar-refractivity contribution in [1.82, 2.24) is 4.90 Å². The molecule has 1 amide bonds. The van der Waals surface area contributed by atoms with Gasteiger partial charge in [-0.2, -0.15) is 0 Å². The van der Waals surface area contributed by atoms with E-state index in [0.29, 0.717) is 26.2 Å². The van der Waals surface area contributed by atoms with E-state index in [9.17, 15) is 14.3 Å². The van der Waals surface area contributed by atoms with Crippen LogP contribution in [-0.4, -0.2) is 47.8 Å². The van der Waals surface area contributed by atoms with Crippen molar-refractivity contribution in [2.24, 2.45) is 5.92 Å². The molecular formula is C17H22FNO3. The van der Waals surface area contributed by atoms with Crippen LogP contribution < -0.4 is 0 Å². The summed E-state index contributed by atoms with van der Waals surface area (Å²) in [6.45, 7) is 3.48. The first-order chi connectivity index (χ1) is 10.6. The van der Waals surface area contributed by atoms with Gasteiger partial charge >= 0.3 is 0 Å². The van der Waals surface area contributed by atoms with Gasteiger partial charge in [0.05, 0.1) is 18.3 Å². The van der Waals surface area contributed by atoms with Crippen LogP contribution in [0.1, 0.15) is 35.2 Å². The van der Waals surface area contributed by atoms with Crippen LogP contribution in [0.2, 0.25) is 0 Å². The predicted octanol–water partition coefficient (Wildman–Crippen LogP) is 2.14. The number of benzene rings is 1. The molecule has 0 saturated carbocycles. The number of carbonyl (C=O) groups excluding carboxylic acids is 1. The van der Waals surface area contributed by atoms with Crippen LogP contribution in [0, 0.1) is 18.7 Å². The van der Waals surface area contributed by atoms with E-state index in [4.69, 9.17) is 4.74 Å². The van der Waals surface area contributed by atoms with Gasteiger partial charge in [0.15, 0.2) is 0 Å². The lowest BCUT2D eigenvalue weighted by atomic mass is 9.89. The normalized spacial score (nSPS) is 28.9. The minimum absolute atomic E-state index is 0.0669. The van der Waals surface area contributed by atoms with Gasteiger partial charge in [0.25, 0.3) is 5.91 Å². The van der Waals surface area contributed by atoms with Crippen LogP contribution in [0.25, 0.3) is 0 Å². The summed E-state index contributed by atoms with van der Waals surface area (Å²) >= 11 is 0. The van der Waals surface area contributed by atoms with E-state index >= 15 is 0 Å². The highest BCUT2D eigenvalue weighted by atomic mass is 19.1. The number of ether oxygens (including phenoxy) is 1. The fraction of sp³-hybridized carbons (Fsp3) is 0.588. The minimum atomic E-state index is -0.485. The quantitative estimate of drug-likeness (QED) is 0.910. The Labute approximate surface area is 129 Å². The molecule has 1 aromatic carbocycles. The number of carbonyl (C=O) groups is 1. The zero-order valence-corrected chi connectivity index (χ0v) is 12.8. The molecular weight excluding hydrogens is 285 g/mol. The van der Waals surface area contributed by atoms with Crippen LogP contribution >= 0.6 is 0 Å². The van der Waals surface area contributed by atoms with Gasteiger partial charge < -0.3 is 14.7 Å². The molecule has 120 valence electrons. The number of nitrogens with zero attached hydrogens (tertiary/aromatic N) is 1. The van der Waals surface area contributed by atoms with Crippen LogP contribution in [0.4, 0.5) is 4.39 Å². The zero-order valence-electron chi connectivity index (χ0n) is 12.8. The van der Waals surface area contributed by atoms with Gasteiger partial charge in [-0.1, -0.05) is 11.6 Å². The third kappa shape index (κ3) is 2.88. The SMILES string of the molecule is Cc1ccc(F)c(C(=O)N2CCC[C@@H]2[C@H]2COCC[C@H]2O)c1. The third-order valence-electron chi connectivity index (χ3n) is 4.77. The maximum atomic E-state index is 14.0. The molecule has 0 radical (unpaired) electrons. The third-order valence-corrected chi connectivity index (χ3v) is 4.77. The molecule has 2 aliphatic rings. The molecule has 2 aliphatic heterocycles. The topological polar surface area (TPSA) is 49.8 Å². The summed E-state index contributed by atoms with van der Waals surface area (Å²) in [5.41, 5.74) is 0.986. The molecule has 1 aromatic rings. The number of hydrogen-bond acceptors (Lipinski definition) is 3. The van der Waals surface area contributed by atoms with Crippen molar-refractivity contribution in [2.75, 3.05) is 19.8 Å². The van der Waals surface area contributed by atoms with E-state index in [1.54, 1.807) is 17.0 Å². The summed E-state index contributed by atoms with van der Waals surface area (Å²) in [7, 11) is 0. The Morgan fingerprint density at radius 2 is 2.23 bits per heavy atom. The van der Waals surface area contributed by atoms with Crippen molar-refractivity contribution >= 4 is 5.91 Å². The van der Waals surface area contributed by atoms with Crippen molar-refractivity contribution in [3.8, 4) is 0 Å². The second-order valence-electron chi connectivity index (χ2n) is 6.29. The first-order valence-electron chi connectivity index (χ1n) is 7.91. The van der Waals surface area contributed by atoms with Gasteiger partial charge in [0.2, 0.25) is 0 Å². The molecule has 2 saturated heterocycles. The second kappa shape index (κ2) is 6.34. The molecule has 0 spiro atoms. The summed E-state index contributed by atoms with van der Waals surface area (Å²) in [6.07, 6.45) is 1.87. The molecule has 0 bridgehead atoms. The number of rotatable bonds is 2. The molecule has 22 heavy (non-hydrogen) atoms. The van der Waals surface area contributed by atoms with Crippen molar-refractivity contribution in [3.05, 3.63) is 35.1 Å². The van der Waals surface area contributed by atoms with Crippen LogP contribution in [0.15, 0.2) is 18.2 Å². The number of hydrogen-bond donors (Lipinski definition) is 1. The molecule has 3 rings (SSSR count). The first-order valence-corrected chi connectivity index (χ1v) is 7.91. The minimum Gasteiger partial charge on any atom is -0.393 e. The lowest BCUT2D eigenvalue weighted by Crippen LogP contribution is -2.48. The summed E-state index contributed by atoms with van der Waals surface area (Å²) in [6, 6.07) is 4.53. The zero-order chi connectivity index (χ0) is 15.7. The summed E-state index contributed by atoms with van der Waals surface area (Å²) < 4.78 is 19.5. The standard InChI is InChI=1S/C17H22FNO3/c1-11-4-5-14(18)12(9-11)17(21)19-7-2-3-15(19)13-10-22-8-6-16(13)20/h4-5,9,13,15-16,20H,2-3,6-8,10H2,1H3/t13-,15-,16-/m1/s1. The van der Waals surface area contributed by atoms with Crippen molar-refractivity contribution in [2.45, 2.75) is 38.3 Å². The molecule has 1 N–H and O–H groups in total. The van der Waals surface area contributed by atoms with Crippen molar-refractivity contribution in [1.29, 1.82) is 0 Å². The van der Waals surface area contributed by atoms with E-state index in [-0.39, 0.29) is 23.4 Å². The Hall–Kier alpha value is -1.46. The van der Waals surface area contributed by atoms with Gasteiger partial charge in [0.1, 0.15) is 5.82 Å². The summed E-state index contributed by atoms with van der Waals surface area (Å²) in [4.78, 5) is 14.5. The smallest absolute Gasteiger partial charge is 0.257 e. The number of aliphatic hydroxyl groups is 1. The Kier molecular flexibility index (Phi) is 4.45. The summed E-state index contributed by atoms with van der Waals surface area (Å²) in [5, 5.41) is 10.2. The van der Waals surface area contributed by atoms with Crippen molar-refractivity contribution < 1.29 is 19.0 Å². The lowest BCUT2D eigenvalue weighted by molar-refractivity contribution is -0.0589. The lowest BCUT2D eigenvalue weighted by Gasteiger charge is -2.37. The molecule has 5 heteroatoms. The van der Waals surface area contributed by atoms with E-state index in [0.717, 1.165) is 18.4 Å². The largest absolute Gasteiger partial charge is 0.393 e. The number of halogens is 1. The Morgan fingerprint density at radius 1 is 1.41 bits per heavy atom. The highest BCUT2D eigenvalue weighted by Crippen LogP contribution is 2.31. The number of aryl methyl sites for hydroxylation is 1. The van der Waals surface area contributed by atoms with E-state index in [1.807, 2.05) is 6.92 Å². The van der Waals surface area contributed by atoms with Gasteiger partial charge in [-0.25, -0.2) is 4.39 Å². The van der Waals surface area contributed by atoms with E-state index in [2.05, 4.69) is 0 Å². The number of likely N-dealkylation sites (tertiary alicyclic amines) is 1. The van der Waals surface area contributed by atoms with Gasteiger partial charge in [-0.15, -0.1) is 0 Å². The van der Waals surface area contributed by atoms with Gasteiger partial charge in [-0.3, -0.25) is 4.79 Å². The summed E-state index contributed by atoms with van der Waals surface area (Å²) in [5.74, 6) is -0.837. The maximum absolute atomic E-state index is 14.0. The highest BCUT2D eigenvalue weighted by Gasteiger charge is 2.40. The number of aliphatic hydroxyl groups excluding tert-OH is 1. The predicted molar refractivity (Wildman–Crippen MR) is 80.1 cm³/mol. The average molecular weight is 307 g/mol. The fourth-order valence-corrected chi connectivity index (χ4v) is 3.56. The Bertz CT molecular complexity index is 563. The van der Waals surface area contributed by atoms with Crippen LogP contribution in [0.5, 0.6) is 0 Å². The Morgan fingerprint density at radius 3 is 3.00 bits per heavy atom. The molecule has 0 unspecified atom stereocenters. The molecule has 3 atom stereocenters. The van der Waals surface area contributed by atoms with E-state index in [1.165, 1.54) is 6.07 Å². The van der Waals surface area contributed by atoms with Crippen molar-refractivity contribution in [3.63, 3.8) is 0 Å². The van der Waals surface area contributed by atoms with Crippen LogP contribution in [0.3, 0.4) is 0 Å². The molecule has 0 aromatic heterocycles. The Balaban J connectivity index is 1.83. The first kappa shape index (κ1) is 15.4. The maximum Gasteiger partial charge on any atom is 0.257 e. The monoisotopic (exact) mass is 307 g/mol. The van der Waals surface area contributed by atoms with Gasteiger partial charge in [0, 0.05) is 25.1 Å².